The Morgan fingerprint density at radius 1 is 0.346 bits per heavy atom. The molecule has 0 radical (unpaired) electrons. The van der Waals surface area contributed by atoms with E-state index in [1.165, 1.54) is 315 Å². The van der Waals surface area contributed by atoms with Gasteiger partial charge in [-0.05, 0) is 89.9 Å². The maximum Gasteiger partial charge on any atom is 0.305 e. The number of allylic oxidation sites excluding steroid dienone is 7. The van der Waals surface area contributed by atoms with Gasteiger partial charge in [-0.2, -0.15) is 0 Å². The largest absolute Gasteiger partial charge is 0.466 e. The molecular formula is C75H141NO5. The van der Waals surface area contributed by atoms with Gasteiger partial charge in [0.1, 0.15) is 0 Å². The van der Waals surface area contributed by atoms with Gasteiger partial charge in [-0.1, -0.05) is 339 Å². The van der Waals surface area contributed by atoms with Crippen LogP contribution < -0.4 is 5.32 Å². The van der Waals surface area contributed by atoms with E-state index in [2.05, 4.69) is 55.6 Å². The molecule has 6 heteroatoms. The molecule has 0 saturated carbocycles. The Hall–Kier alpha value is -2.18. The van der Waals surface area contributed by atoms with Crippen LogP contribution in [0, 0.1) is 0 Å². The molecule has 3 N–H and O–H groups in total. The zero-order chi connectivity index (χ0) is 58.5. The van der Waals surface area contributed by atoms with Gasteiger partial charge in [0.15, 0.2) is 0 Å². The molecule has 0 aliphatic carbocycles. The molecule has 0 heterocycles. The van der Waals surface area contributed by atoms with Gasteiger partial charge in [-0.15, -0.1) is 0 Å². The van der Waals surface area contributed by atoms with Crippen LogP contribution in [-0.4, -0.2) is 47.4 Å². The van der Waals surface area contributed by atoms with Crippen LogP contribution in [0.1, 0.15) is 393 Å². The lowest BCUT2D eigenvalue weighted by atomic mass is 10.0. The summed E-state index contributed by atoms with van der Waals surface area (Å²) in [5, 5.41) is 23.3. The number of esters is 1. The lowest BCUT2D eigenvalue weighted by Gasteiger charge is -2.20. The van der Waals surface area contributed by atoms with Gasteiger partial charge in [0.25, 0.3) is 0 Å². The molecule has 0 aromatic carbocycles. The highest BCUT2D eigenvalue weighted by Gasteiger charge is 2.18. The molecule has 6 nitrogen and oxygen atoms in total. The summed E-state index contributed by atoms with van der Waals surface area (Å²) in [4.78, 5) is 24.6. The first-order chi connectivity index (χ1) is 40.0. The second-order valence-corrected chi connectivity index (χ2v) is 24.9. The first kappa shape index (κ1) is 78.8. The van der Waals surface area contributed by atoms with E-state index in [9.17, 15) is 19.8 Å². The van der Waals surface area contributed by atoms with E-state index in [1.54, 1.807) is 6.08 Å². The van der Waals surface area contributed by atoms with E-state index in [4.69, 9.17) is 4.74 Å². The average molecular weight is 1140 g/mol. The molecule has 81 heavy (non-hydrogen) atoms. The van der Waals surface area contributed by atoms with Crippen molar-refractivity contribution in [1.82, 2.24) is 5.32 Å². The van der Waals surface area contributed by atoms with Crippen molar-refractivity contribution in [3.05, 3.63) is 48.6 Å². The molecule has 0 aliphatic heterocycles. The summed E-state index contributed by atoms with van der Waals surface area (Å²) in [6.07, 6.45) is 91.9. The summed E-state index contributed by atoms with van der Waals surface area (Å²) in [6.45, 7) is 4.91. The van der Waals surface area contributed by atoms with Crippen LogP contribution in [0.15, 0.2) is 48.6 Å². The summed E-state index contributed by atoms with van der Waals surface area (Å²) in [5.41, 5.74) is 0. The highest BCUT2D eigenvalue weighted by Crippen LogP contribution is 2.18. The highest BCUT2D eigenvalue weighted by atomic mass is 16.5. The zero-order valence-electron chi connectivity index (χ0n) is 54.5. The van der Waals surface area contributed by atoms with E-state index in [-0.39, 0.29) is 18.5 Å². The van der Waals surface area contributed by atoms with Gasteiger partial charge in [0.05, 0.1) is 25.4 Å². The number of amides is 1. The van der Waals surface area contributed by atoms with Crippen molar-refractivity contribution in [2.45, 2.75) is 405 Å². The van der Waals surface area contributed by atoms with E-state index >= 15 is 0 Å². The van der Waals surface area contributed by atoms with Crippen LogP contribution in [-0.2, 0) is 14.3 Å². The van der Waals surface area contributed by atoms with Crippen molar-refractivity contribution in [3.63, 3.8) is 0 Å². The Labute approximate surface area is 506 Å². The van der Waals surface area contributed by atoms with Crippen LogP contribution in [0.3, 0.4) is 0 Å². The summed E-state index contributed by atoms with van der Waals surface area (Å²) < 4.78 is 5.49. The van der Waals surface area contributed by atoms with E-state index in [1.807, 2.05) is 6.08 Å². The SMILES string of the molecule is CCCCCC/C=C\C/C=C\CCCCCCCC(=O)OCCCCCCCCCCCCCC/C=C\CCCCCCCCCCC(=O)NC(CO)C(O)/C=C/CCCCCCCCCCCCCCCCCCCCCCCC. The maximum atomic E-state index is 12.5. The van der Waals surface area contributed by atoms with Crippen LogP contribution in [0.25, 0.3) is 0 Å². The first-order valence-electron chi connectivity index (χ1n) is 36.4. The second-order valence-electron chi connectivity index (χ2n) is 24.9. The minimum atomic E-state index is -0.850. The summed E-state index contributed by atoms with van der Waals surface area (Å²) in [7, 11) is 0. The van der Waals surface area contributed by atoms with Crippen molar-refractivity contribution in [1.29, 1.82) is 0 Å². The second kappa shape index (κ2) is 70.3. The molecule has 0 rings (SSSR count). The van der Waals surface area contributed by atoms with Crippen molar-refractivity contribution >= 4 is 11.9 Å². The van der Waals surface area contributed by atoms with Gasteiger partial charge in [-0.3, -0.25) is 9.59 Å². The molecule has 1 amide bonds. The molecule has 2 unspecified atom stereocenters. The summed E-state index contributed by atoms with van der Waals surface area (Å²) >= 11 is 0. The fourth-order valence-corrected chi connectivity index (χ4v) is 11.3. The normalized spacial score (nSPS) is 12.8. The predicted molar refractivity (Wildman–Crippen MR) is 356 cm³/mol. The van der Waals surface area contributed by atoms with Gasteiger partial charge in [0, 0.05) is 12.8 Å². The Morgan fingerprint density at radius 2 is 0.617 bits per heavy atom. The molecule has 0 bridgehead atoms. The van der Waals surface area contributed by atoms with Crippen LogP contribution in [0.2, 0.25) is 0 Å². The third-order valence-electron chi connectivity index (χ3n) is 16.8. The van der Waals surface area contributed by atoms with Crippen LogP contribution in [0.4, 0.5) is 0 Å². The van der Waals surface area contributed by atoms with E-state index < -0.39 is 12.1 Å². The average Bonchev–Trinajstić information content (AvgIpc) is 3.47. The number of unbranched alkanes of at least 4 members (excludes halogenated alkanes) is 51. The molecule has 0 spiro atoms. The zero-order valence-corrected chi connectivity index (χ0v) is 54.5. The molecule has 0 saturated heterocycles. The lowest BCUT2D eigenvalue weighted by Crippen LogP contribution is -2.45. The summed E-state index contributed by atoms with van der Waals surface area (Å²) in [6, 6.07) is -0.634. The number of aliphatic hydroxyl groups is 2. The van der Waals surface area contributed by atoms with Gasteiger partial charge in [-0.25, -0.2) is 0 Å². The van der Waals surface area contributed by atoms with Gasteiger partial charge >= 0.3 is 5.97 Å². The number of rotatable bonds is 68. The molecular weight excluding hydrogens is 995 g/mol. The molecule has 0 aromatic heterocycles. The standard InChI is InChI=1S/C75H141NO5/c1-3-5-7-9-11-13-15-17-19-21-22-23-24-27-30-33-36-39-43-47-51-55-59-63-67-73(78)72(71-77)76-74(79)68-64-60-56-52-48-44-40-37-34-31-28-25-26-29-32-35-38-42-46-50-54-58-62-66-70-81-75(80)69-65-61-57-53-49-45-41-20-18-16-14-12-10-8-6-4-2/h14,16,20,28,31,41,63,67,72-73,77-78H,3-13,15,17-19,21-27,29-30,32-40,42-62,64-66,68-71H2,1-2H3,(H,76,79)/b16-14-,31-28-,41-20-,67-63+. The Kier molecular flexibility index (Phi) is 68.4. The number of hydrogen-bond donors (Lipinski definition) is 3. The number of carbonyl (C=O) groups is 2. The van der Waals surface area contributed by atoms with Gasteiger partial charge in [0.2, 0.25) is 5.91 Å². The lowest BCUT2D eigenvalue weighted by molar-refractivity contribution is -0.143. The van der Waals surface area contributed by atoms with Crippen LogP contribution >= 0.6 is 0 Å². The minimum Gasteiger partial charge on any atom is -0.466 e. The number of ether oxygens (including phenoxy) is 1. The third kappa shape index (κ3) is 66.8. The first-order valence-corrected chi connectivity index (χ1v) is 36.4. The third-order valence-corrected chi connectivity index (χ3v) is 16.8. The minimum absolute atomic E-state index is 0.00108. The van der Waals surface area contributed by atoms with Crippen LogP contribution in [0.5, 0.6) is 0 Å². The number of hydrogen-bond acceptors (Lipinski definition) is 5. The number of carbonyl (C=O) groups excluding carboxylic acids is 2. The highest BCUT2D eigenvalue weighted by molar-refractivity contribution is 5.76. The fourth-order valence-electron chi connectivity index (χ4n) is 11.3. The smallest absolute Gasteiger partial charge is 0.305 e. The molecule has 476 valence electrons. The summed E-state index contributed by atoms with van der Waals surface area (Å²) in [5.74, 6) is -0.0702. The van der Waals surface area contributed by atoms with E-state index in [0.717, 1.165) is 51.4 Å². The monoisotopic (exact) mass is 1140 g/mol. The maximum absolute atomic E-state index is 12.5. The molecule has 0 fully saturated rings. The molecule has 0 aliphatic rings. The molecule has 0 aromatic rings. The number of aliphatic hydroxyl groups excluding tert-OH is 2. The Balaban J connectivity index is 3.44. The molecule has 2 atom stereocenters. The van der Waals surface area contributed by atoms with Crippen molar-refractivity contribution in [2.24, 2.45) is 0 Å². The Morgan fingerprint density at radius 3 is 0.963 bits per heavy atom. The Bertz CT molecular complexity index is 1360. The van der Waals surface area contributed by atoms with Crippen molar-refractivity contribution in [3.8, 4) is 0 Å². The van der Waals surface area contributed by atoms with Gasteiger partial charge < -0.3 is 20.3 Å². The van der Waals surface area contributed by atoms with E-state index in [0.29, 0.717) is 19.4 Å². The quantitative estimate of drug-likeness (QED) is 0.0320. The number of nitrogens with one attached hydrogen (secondary N) is 1. The van der Waals surface area contributed by atoms with Crippen molar-refractivity contribution < 1.29 is 24.5 Å². The predicted octanol–water partition coefficient (Wildman–Crippen LogP) is 23.6. The fraction of sp³-hybridized carbons (Fsp3) is 0.867. The van der Waals surface area contributed by atoms with Crippen molar-refractivity contribution in [2.75, 3.05) is 13.2 Å². The topological polar surface area (TPSA) is 95.9 Å².